The Kier molecular flexibility index (Phi) is 2.77. The minimum absolute atomic E-state index is 0.909. The largest absolute Gasteiger partial charge is 0.456 e. The van der Waals surface area contributed by atoms with Gasteiger partial charge in [0.15, 0.2) is 0 Å². The van der Waals surface area contributed by atoms with Gasteiger partial charge < -0.3 is 4.42 Å². The highest BCUT2D eigenvalue weighted by atomic mass is 16.3. The summed E-state index contributed by atoms with van der Waals surface area (Å²) in [5, 5.41) is 12.1. The second-order valence-corrected chi connectivity index (χ2v) is 7.73. The van der Waals surface area contributed by atoms with E-state index in [0.717, 1.165) is 21.9 Å². The number of benzene rings is 5. The van der Waals surface area contributed by atoms with Crippen LogP contribution in [-0.2, 0) is 0 Å². The monoisotopic (exact) mass is 369 g/mol. The van der Waals surface area contributed by atoms with Crippen LogP contribution in [-0.4, -0.2) is 4.98 Å². The Bertz CT molecular complexity index is 1760. The molecule has 5 aromatic carbocycles. The first-order valence-corrected chi connectivity index (χ1v) is 9.79. The van der Waals surface area contributed by atoms with Gasteiger partial charge in [-0.05, 0) is 86.2 Å². The molecule has 7 aromatic rings. The molecule has 2 heterocycles. The summed E-state index contributed by atoms with van der Waals surface area (Å²) in [5.41, 5.74) is 1.84. The predicted molar refractivity (Wildman–Crippen MR) is 122 cm³/mol. The van der Waals surface area contributed by atoms with Crippen molar-refractivity contribution in [3.05, 3.63) is 91.3 Å². The lowest BCUT2D eigenvalue weighted by molar-refractivity contribution is 0.670. The Morgan fingerprint density at radius 1 is 0.517 bits per heavy atom. The molecule has 0 atom stereocenters. The van der Waals surface area contributed by atoms with E-state index in [2.05, 4.69) is 83.8 Å². The first-order chi connectivity index (χ1) is 14.3. The highest BCUT2D eigenvalue weighted by Crippen LogP contribution is 2.38. The van der Waals surface area contributed by atoms with Crippen LogP contribution in [0.25, 0.3) is 65.0 Å². The van der Waals surface area contributed by atoms with Gasteiger partial charge in [0.2, 0.25) is 0 Å². The van der Waals surface area contributed by atoms with E-state index < -0.39 is 0 Å². The molecule has 2 nitrogen and oxygen atoms in total. The lowest BCUT2D eigenvalue weighted by Gasteiger charge is -2.06. The van der Waals surface area contributed by atoms with Crippen molar-refractivity contribution >= 4 is 65.0 Å². The van der Waals surface area contributed by atoms with Crippen molar-refractivity contribution in [1.82, 2.24) is 4.98 Å². The van der Waals surface area contributed by atoms with Crippen LogP contribution in [0.15, 0.2) is 95.7 Å². The zero-order chi connectivity index (χ0) is 18.9. The van der Waals surface area contributed by atoms with E-state index in [-0.39, 0.29) is 0 Å². The smallest absolute Gasteiger partial charge is 0.136 e. The number of aromatic nitrogens is 1. The molecule has 0 aliphatic rings. The summed E-state index contributed by atoms with van der Waals surface area (Å²) >= 11 is 0. The Hall–Kier alpha value is -3.91. The topological polar surface area (TPSA) is 26.0 Å². The van der Waals surface area contributed by atoms with Crippen LogP contribution in [0.4, 0.5) is 0 Å². The molecular formula is C27H15NO. The van der Waals surface area contributed by atoms with E-state index in [1.807, 2.05) is 12.4 Å². The van der Waals surface area contributed by atoms with E-state index in [1.54, 1.807) is 0 Å². The number of nitrogens with zero attached hydrogens (tertiary/aromatic N) is 1. The van der Waals surface area contributed by atoms with Crippen LogP contribution < -0.4 is 0 Å². The summed E-state index contributed by atoms with van der Waals surface area (Å²) in [6.07, 6.45) is 3.73. The molecule has 7 rings (SSSR count). The highest BCUT2D eigenvalue weighted by Gasteiger charge is 2.12. The second-order valence-electron chi connectivity index (χ2n) is 7.73. The van der Waals surface area contributed by atoms with Crippen molar-refractivity contribution in [2.75, 3.05) is 0 Å². The summed E-state index contributed by atoms with van der Waals surface area (Å²) < 4.78 is 6.22. The Morgan fingerprint density at radius 2 is 1.24 bits per heavy atom. The van der Waals surface area contributed by atoms with Gasteiger partial charge in [0.1, 0.15) is 11.2 Å². The maximum absolute atomic E-state index is 6.22. The van der Waals surface area contributed by atoms with Crippen LogP contribution in [0.3, 0.4) is 0 Å². The molecule has 0 radical (unpaired) electrons. The molecule has 0 amide bonds. The predicted octanol–water partition coefficient (Wildman–Crippen LogP) is 7.59. The van der Waals surface area contributed by atoms with Crippen LogP contribution in [0.5, 0.6) is 0 Å². The number of furan rings is 1. The van der Waals surface area contributed by atoms with Gasteiger partial charge in [-0.3, -0.25) is 4.98 Å². The third kappa shape index (κ3) is 2.08. The fraction of sp³-hybridized carbons (Fsp3) is 0. The van der Waals surface area contributed by atoms with E-state index in [1.165, 1.54) is 43.1 Å². The third-order valence-corrected chi connectivity index (χ3v) is 6.03. The van der Waals surface area contributed by atoms with E-state index >= 15 is 0 Å². The van der Waals surface area contributed by atoms with Crippen molar-refractivity contribution < 1.29 is 4.42 Å². The van der Waals surface area contributed by atoms with Gasteiger partial charge >= 0.3 is 0 Å². The van der Waals surface area contributed by atoms with Gasteiger partial charge in [0.05, 0.1) is 0 Å². The summed E-state index contributed by atoms with van der Waals surface area (Å²) in [4.78, 5) is 4.24. The zero-order valence-electron chi connectivity index (χ0n) is 15.5. The van der Waals surface area contributed by atoms with Gasteiger partial charge in [-0.1, -0.05) is 30.3 Å². The Morgan fingerprint density at radius 3 is 2.10 bits per heavy atom. The van der Waals surface area contributed by atoms with Crippen LogP contribution in [0.2, 0.25) is 0 Å². The molecule has 2 heteroatoms. The maximum Gasteiger partial charge on any atom is 0.136 e. The lowest BCUT2D eigenvalue weighted by Crippen LogP contribution is -1.80. The highest BCUT2D eigenvalue weighted by molar-refractivity contribution is 6.22. The minimum Gasteiger partial charge on any atom is -0.456 e. The average Bonchev–Trinajstić information content (AvgIpc) is 3.12. The number of hydrogen-bond acceptors (Lipinski definition) is 2. The SMILES string of the molecule is c1ccc2cc3cc4c(ccc5oc6cc7cnccc7cc6c54)cc3cc2c1. The van der Waals surface area contributed by atoms with Crippen LogP contribution >= 0.6 is 0 Å². The molecule has 0 saturated heterocycles. The number of fused-ring (bicyclic) bond motifs is 8. The second kappa shape index (κ2) is 5.33. The fourth-order valence-electron chi connectivity index (χ4n) is 4.62. The molecule has 0 fully saturated rings. The third-order valence-electron chi connectivity index (χ3n) is 6.03. The molecule has 0 saturated carbocycles. The number of rotatable bonds is 0. The number of hydrogen-bond donors (Lipinski definition) is 0. The lowest BCUT2D eigenvalue weighted by atomic mass is 9.97. The first-order valence-electron chi connectivity index (χ1n) is 9.79. The zero-order valence-corrected chi connectivity index (χ0v) is 15.5. The molecule has 0 bridgehead atoms. The normalized spacial score (nSPS) is 12.1. The summed E-state index contributed by atoms with van der Waals surface area (Å²) in [6, 6.07) is 28.3. The Labute approximate surface area is 166 Å². The van der Waals surface area contributed by atoms with Gasteiger partial charge in [-0.2, -0.15) is 0 Å². The molecule has 0 aliphatic carbocycles. The van der Waals surface area contributed by atoms with E-state index in [4.69, 9.17) is 4.42 Å². The molecule has 29 heavy (non-hydrogen) atoms. The average molecular weight is 369 g/mol. The molecule has 0 N–H and O–H groups in total. The van der Waals surface area contributed by atoms with Gasteiger partial charge in [0.25, 0.3) is 0 Å². The van der Waals surface area contributed by atoms with Crippen LogP contribution in [0, 0.1) is 0 Å². The van der Waals surface area contributed by atoms with E-state index in [9.17, 15) is 0 Å². The first kappa shape index (κ1) is 15.1. The summed E-state index contributed by atoms with van der Waals surface area (Å²) in [6.45, 7) is 0. The molecule has 2 aromatic heterocycles. The van der Waals surface area contributed by atoms with Crippen molar-refractivity contribution in [3.63, 3.8) is 0 Å². The van der Waals surface area contributed by atoms with Crippen molar-refractivity contribution in [1.29, 1.82) is 0 Å². The van der Waals surface area contributed by atoms with Gasteiger partial charge in [-0.25, -0.2) is 0 Å². The minimum atomic E-state index is 0.909. The Balaban J connectivity index is 1.66. The summed E-state index contributed by atoms with van der Waals surface area (Å²) in [5.74, 6) is 0. The van der Waals surface area contributed by atoms with Crippen LogP contribution in [0.1, 0.15) is 0 Å². The molecule has 134 valence electrons. The van der Waals surface area contributed by atoms with E-state index in [0.29, 0.717) is 0 Å². The summed E-state index contributed by atoms with van der Waals surface area (Å²) in [7, 11) is 0. The standard InChI is InChI=1S/C27H15NO/c1-2-4-17-10-21-13-23-19(11-20(21)9-16(17)3-1)5-6-25-27(23)24-12-18-7-8-28-15-22(18)14-26(24)29-25/h1-15H. The molecule has 0 aliphatic heterocycles. The maximum atomic E-state index is 6.22. The molecule has 0 spiro atoms. The van der Waals surface area contributed by atoms with Gasteiger partial charge in [0, 0.05) is 28.6 Å². The fourth-order valence-corrected chi connectivity index (χ4v) is 4.62. The van der Waals surface area contributed by atoms with Gasteiger partial charge in [-0.15, -0.1) is 0 Å². The van der Waals surface area contributed by atoms with Crippen molar-refractivity contribution in [2.24, 2.45) is 0 Å². The quantitative estimate of drug-likeness (QED) is 0.257. The van der Waals surface area contributed by atoms with Crippen molar-refractivity contribution in [3.8, 4) is 0 Å². The molecule has 0 unspecified atom stereocenters. The molecular weight excluding hydrogens is 354 g/mol. The number of pyridine rings is 1. The van der Waals surface area contributed by atoms with Crippen molar-refractivity contribution in [2.45, 2.75) is 0 Å².